The SMILES string of the molecule is CC1=CC(C(=O)NC2CC2)(C(F)(F)F)C(=O)C(N2C=C(c3ccnn3-c3ccc(C#N)cc3CC[N+](C)(C)C)NC2)=C1.c1ccccc1. The van der Waals surface area contributed by atoms with Crippen molar-refractivity contribution >= 4 is 17.4 Å². The second kappa shape index (κ2) is 13.5. The third kappa shape index (κ3) is 7.37. The molecular weight excluding hydrogens is 619 g/mol. The summed E-state index contributed by atoms with van der Waals surface area (Å²) in [5, 5.41) is 19.5. The Bertz CT molecular complexity index is 1780. The molecule has 48 heavy (non-hydrogen) atoms. The molecule has 2 aliphatic carbocycles. The van der Waals surface area contributed by atoms with Gasteiger partial charge in [-0.05, 0) is 61.7 Å². The average Bonchev–Trinajstić information content (AvgIpc) is 3.50. The summed E-state index contributed by atoms with van der Waals surface area (Å²) in [5.74, 6) is -2.66. The predicted octanol–water partition coefficient (Wildman–Crippen LogP) is 5.08. The van der Waals surface area contributed by atoms with E-state index in [1.165, 1.54) is 17.9 Å². The van der Waals surface area contributed by atoms with Gasteiger partial charge >= 0.3 is 6.18 Å². The lowest BCUT2D eigenvalue weighted by Gasteiger charge is -2.35. The van der Waals surface area contributed by atoms with Crippen LogP contribution in [-0.2, 0) is 16.0 Å². The fraction of sp³-hybridized carbons (Fsp3) is 0.333. The highest BCUT2D eigenvalue weighted by Gasteiger charge is 2.66. The van der Waals surface area contributed by atoms with Crippen molar-refractivity contribution in [1.29, 1.82) is 5.26 Å². The van der Waals surface area contributed by atoms with Gasteiger partial charge < -0.3 is 20.0 Å². The molecule has 1 fully saturated rings. The van der Waals surface area contributed by atoms with E-state index in [2.05, 4.69) is 42.9 Å². The molecular formula is C36H39F3N7O2+. The van der Waals surface area contributed by atoms with Crippen LogP contribution in [0.25, 0.3) is 11.4 Å². The number of aromatic nitrogens is 2. The van der Waals surface area contributed by atoms with E-state index in [0.717, 1.165) is 28.4 Å². The number of hydrogen-bond acceptors (Lipinski definition) is 6. The molecule has 1 atom stereocenters. The lowest BCUT2D eigenvalue weighted by atomic mass is 9.75. The number of hydrogen-bond donors (Lipinski definition) is 2. The number of ketones is 1. The van der Waals surface area contributed by atoms with Crippen molar-refractivity contribution in [3.05, 3.63) is 113 Å². The molecule has 6 rings (SSSR count). The highest BCUT2D eigenvalue weighted by Crippen LogP contribution is 2.47. The highest BCUT2D eigenvalue weighted by atomic mass is 19.4. The maximum Gasteiger partial charge on any atom is 0.414 e. The van der Waals surface area contributed by atoms with E-state index in [0.29, 0.717) is 36.2 Å². The third-order valence-electron chi connectivity index (χ3n) is 8.23. The van der Waals surface area contributed by atoms with Crippen LogP contribution in [0.4, 0.5) is 13.2 Å². The van der Waals surface area contributed by atoms with Crippen LogP contribution < -0.4 is 10.6 Å². The van der Waals surface area contributed by atoms with Crippen LogP contribution in [0.3, 0.4) is 0 Å². The first-order valence-corrected chi connectivity index (χ1v) is 15.7. The number of rotatable bonds is 8. The summed E-state index contributed by atoms with van der Waals surface area (Å²) in [5.41, 5.74) is 0.0128. The molecule has 2 heterocycles. The summed E-state index contributed by atoms with van der Waals surface area (Å²) >= 11 is 0. The van der Waals surface area contributed by atoms with Crippen LogP contribution in [0.5, 0.6) is 0 Å². The molecule has 2 N–H and O–H groups in total. The predicted molar refractivity (Wildman–Crippen MR) is 176 cm³/mol. The number of carbonyl (C=O) groups excluding carboxylic acids is 2. The minimum absolute atomic E-state index is 0.0191. The van der Waals surface area contributed by atoms with Gasteiger partial charge in [0.2, 0.25) is 17.1 Å². The summed E-state index contributed by atoms with van der Waals surface area (Å²) in [6, 6.07) is 21.0. The molecule has 3 aliphatic rings. The first-order chi connectivity index (χ1) is 22.7. The summed E-state index contributed by atoms with van der Waals surface area (Å²) in [7, 11) is 6.24. The lowest BCUT2D eigenvalue weighted by Crippen LogP contribution is -2.57. The van der Waals surface area contributed by atoms with Crippen molar-refractivity contribution in [1.82, 2.24) is 25.3 Å². The molecule has 0 bridgehead atoms. The summed E-state index contributed by atoms with van der Waals surface area (Å²) in [4.78, 5) is 27.9. The van der Waals surface area contributed by atoms with Crippen molar-refractivity contribution in [2.45, 2.75) is 38.4 Å². The highest BCUT2D eigenvalue weighted by molar-refractivity contribution is 6.17. The van der Waals surface area contributed by atoms with Gasteiger partial charge in [-0.1, -0.05) is 42.0 Å². The molecule has 9 nitrogen and oxygen atoms in total. The second-order valence-electron chi connectivity index (χ2n) is 13.2. The van der Waals surface area contributed by atoms with Crippen molar-refractivity contribution in [2.24, 2.45) is 5.41 Å². The van der Waals surface area contributed by atoms with Crippen molar-refractivity contribution < 1.29 is 27.2 Å². The van der Waals surface area contributed by atoms with Gasteiger partial charge in [-0.25, -0.2) is 4.68 Å². The topological polar surface area (TPSA) is 103 Å². The molecule has 0 radical (unpaired) electrons. The molecule has 0 saturated heterocycles. The molecule has 1 amide bonds. The third-order valence-corrected chi connectivity index (χ3v) is 8.23. The molecule has 1 aromatic heterocycles. The van der Waals surface area contributed by atoms with E-state index in [1.54, 1.807) is 29.2 Å². The van der Waals surface area contributed by atoms with Crippen LogP contribution >= 0.6 is 0 Å². The lowest BCUT2D eigenvalue weighted by molar-refractivity contribution is -0.870. The summed E-state index contributed by atoms with van der Waals surface area (Å²) in [6.45, 7) is 2.28. The Kier molecular flexibility index (Phi) is 9.64. The number of halogens is 3. The van der Waals surface area contributed by atoms with Gasteiger partial charge in [-0.2, -0.15) is 23.5 Å². The number of nitriles is 1. The fourth-order valence-electron chi connectivity index (χ4n) is 5.51. The minimum atomic E-state index is -5.13. The first-order valence-electron chi connectivity index (χ1n) is 15.7. The maximum absolute atomic E-state index is 14.5. The molecule has 250 valence electrons. The zero-order valence-corrected chi connectivity index (χ0v) is 27.4. The molecule has 2 aromatic carbocycles. The van der Waals surface area contributed by atoms with Gasteiger partial charge in [0.1, 0.15) is 0 Å². The van der Waals surface area contributed by atoms with Crippen molar-refractivity contribution in [3.8, 4) is 11.8 Å². The van der Waals surface area contributed by atoms with Gasteiger partial charge in [0.05, 0.1) is 75.0 Å². The Hall–Kier alpha value is -5.15. The van der Waals surface area contributed by atoms with Crippen LogP contribution in [0.1, 0.15) is 36.6 Å². The van der Waals surface area contributed by atoms with E-state index in [4.69, 9.17) is 0 Å². The number of quaternary nitrogens is 1. The number of amides is 1. The summed E-state index contributed by atoms with van der Waals surface area (Å²) < 4.78 is 46.0. The van der Waals surface area contributed by atoms with Gasteiger partial charge in [-0.3, -0.25) is 9.59 Å². The number of carbonyl (C=O) groups is 2. The van der Waals surface area contributed by atoms with Crippen molar-refractivity contribution in [3.63, 3.8) is 0 Å². The number of benzene rings is 2. The first kappa shape index (κ1) is 34.2. The molecule has 3 aromatic rings. The van der Waals surface area contributed by atoms with E-state index in [-0.39, 0.29) is 24.0 Å². The number of alkyl halides is 3. The number of Topliss-reactive ketones (excluding diaryl/α,β-unsaturated/α-hetero) is 1. The number of nitrogens with zero attached hydrogens (tertiary/aromatic N) is 5. The van der Waals surface area contributed by atoms with Crippen LogP contribution in [-0.4, -0.2) is 77.4 Å². The van der Waals surface area contributed by atoms with E-state index >= 15 is 0 Å². The fourth-order valence-corrected chi connectivity index (χ4v) is 5.51. The smallest absolute Gasteiger partial charge is 0.364 e. The Morgan fingerprint density at radius 1 is 1.12 bits per heavy atom. The zero-order chi connectivity index (χ0) is 34.7. The Morgan fingerprint density at radius 2 is 1.79 bits per heavy atom. The number of allylic oxidation sites excluding steroid dienone is 3. The van der Waals surface area contributed by atoms with E-state index < -0.39 is 23.3 Å². The molecule has 1 saturated carbocycles. The van der Waals surface area contributed by atoms with Crippen LogP contribution in [0, 0.1) is 16.7 Å². The number of nitrogens with one attached hydrogen (secondary N) is 2. The van der Waals surface area contributed by atoms with Gasteiger partial charge in [-0.15, -0.1) is 0 Å². The number of likely N-dealkylation sites (N-methyl/N-ethyl adjacent to an activating group) is 1. The van der Waals surface area contributed by atoms with Gasteiger partial charge in [0.25, 0.3) is 0 Å². The second-order valence-corrected chi connectivity index (χ2v) is 13.2. The molecule has 0 spiro atoms. The standard InChI is InChI=1S/C30H32F3N7O2.C6H6/c1-19-13-26(27(41)29(15-19,30(31,32)33)28(42)37-22-6-7-22)38-17-23(35-18-38)25-9-11-36-39(25)24-8-5-20(16-34)14-21(24)10-12-40(2,3)4;1-2-4-6-5-3-1/h5,8-9,11,13-15,17,22,35H,6-7,10,12,18H2,1-4H3;1-6H/p+1. The largest absolute Gasteiger partial charge is 0.414 e. The molecule has 12 heteroatoms. The van der Waals surface area contributed by atoms with Crippen molar-refractivity contribution in [2.75, 3.05) is 34.4 Å². The molecule has 1 aliphatic heterocycles. The van der Waals surface area contributed by atoms with E-state index in [9.17, 15) is 28.0 Å². The summed E-state index contributed by atoms with van der Waals surface area (Å²) in [6.07, 6.45) is 2.00. The molecule has 1 unspecified atom stereocenters. The van der Waals surface area contributed by atoms with E-state index in [1.807, 2.05) is 48.5 Å². The Morgan fingerprint density at radius 3 is 2.38 bits per heavy atom. The monoisotopic (exact) mass is 658 g/mol. The average molecular weight is 659 g/mol. The van der Waals surface area contributed by atoms with Crippen LogP contribution in [0.15, 0.2) is 96.5 Å². The maximum atomic E-state index is 14.5. The normalized spacial score (nSPS) is 19.2. The van der Waals surface area contributed by atoms with Gasteiger partial charge in [0.15, 0.2) is 0 Å². The quantitative estimate of drug-likeness (QED) is 0.259. The Balaban J connectivity index is 0.000000677. The minimum Gasteiger partial charge on any atom is -0.364 e. The zero-order valence-electron chi connectivity index (χ0n) is 27.4. The van der Waals surface area contributed by atoms with Crippen LogP contribution in [0.2, 0.25) is 0 Å². The van der Waals surface area contributed by atoms with Gasteiger partial charge in [0, 0.05) is 18.7 Å². The Labute approximate surface area is 278 Å².